The molecule has 0 radical (unpaired) electrons. The molecule has 0 spiro atoms. The van der Waals surface area contributed by atoms with Gasteiger partial charge in [0.15, 0.2) is 0 Å². The highest BCUT2D eigenvalue weighted by atomic mass is 16.6. The van der Waals surface area contributed by atoms with Crippen molar-refractivity contribution in [1.82, 2.24) is 0 Å². The van der Waals surface area contributed by atoms with E-state index in [2.05, 4.69) is 41.5 Å². The fourth-order valence-electron chi connectivity index (χ4n) is 7.73. The molecule has 9 nitrogen and oxygen atoms in total. The molecule has 0 saturated carbocycles. The first kappa shape index (κ1) is 40.6. The van der Waals surface area contributed by atoms with Crippen LogP contribution in [0, 0.1) is 10.1 Å². The van der Waals surface area contributed by atoms with E-state index in [4.69, 9.17) is 4.74 Å². The Kier molecular flexibility index (Phi) is 10.7. The number of non-ortho nitro benzene ring substituents is 1. The van der Waals surface area contributed by atoms with E-state index in [9.17, 15) is 35.3 Å². The van der Waals surface area contributed by atoms with Gasteiger partial charge in [0, 0.05) is 55.4 Å². The topological polar surface area (TPSA) is 150 Å². The quantitative estimate of drug-likeness (QED) is 0.0598. The van der Waals surface area contributed by atoms with E-state index < -0.39 is 10.9 Å². The van der Waals surface area contributed by atoms with Crippen LogP contribution in [0.1, 0.15) is 119 Å². The maximum atomic E-state index is 13.9. The molecule has 6 aromatic carbocycles. The summed E-state index contributed by atoms with van der Waals surface area (Å²) in [5.41, 5.74) is 7.26. The Hall–Kier alpha value is -6.61. The maximum absolute atomic E-state index is 13.9. The second-order valence-corrected chi connectivity index (χ2v) is 17.6. The number of phenolic OH excluding ortho intramolecular Hbond substituents is 4. The van der Waals surface area contributed by atoms with Crippen molar-refractivity contribution in [2.45, 2.75) is 84.5 Å². The number of carbonyl (C=O) groups is 1. The molecule has 0 heterocycles. The van der Waals surface area contributed by atoms with Crippen molar-refractivity contribution >= 4 is 11.7 Å². The lowest BCUT2D eigenvalue weighted by Gasteiger charge is -2.25. The molecular formula is C50H49NO8. The normalized spacial score (nSPS) is 13.1. The first-order chi connectivity index (χ1) is 27.9. The van der Waals surface area contributed by atoms with Gasteiger partial charge in [-0.1, -0.05) is 120 Å². The zero-order valence-corrected chi connectivity index (χ0v) is 34.2. The molecule has 1 aliphatic carbocycles. The Morgan fingerprint density at radius 2 is 0.814 bits per heavy atom. The molecule has 0 aromatic heterocycles. The number of nitrogens with zero attached hydrogens (tertiary/aromatic N) is 1. The Morgan fingerprint density at radius 3 is 1.15 bits per heavy atom. The first-order valence-corrected chi connectivity index (χ1v) is 19.7. The summed E-state index contributed by atoms with van der Waals surface area (Å²) in [6.07, 6.45) is 1.03. The zero-order chi connectivity index (χ0) is 42.4. The average molecular weight is 792 g/mol. The number of para-hydroxylation sites is 3. The summed E-state index contributed by atoms with van der Waals surface area (Å²) < 4.78 is 6.26. The van der Waals surface area contributed by atoms with E-state index >= 15 is 0 Å². The lowest BCUT2D eigenvalue weighted by Crippen LogP contribution is -2.16. The fraction of sp³-hybridized carbons (Fsp3) is 0.260. The molecule has 0 atom stereocenters. The predicted octanol–water partition coefficient (Wildman–Crippen LogP) is 10.5. The van der Waals surface area contributed by atoms with E-state index in [0.717, 1.165) is 11.1 Å². The van der Waals surface area contributed by atoms with Gasteiger partial charge in [0.1, 0.15) is 28.7 Å². The minimum atomic E-state index is -0.725. The van der Waals surface area contributed by atoms with Crippen molar-refractivity contribution in [2.24, 2.45) is 0 Å². The number of hydrogen-bond donors (Lipinski definition) is 4. The molecule has 0 saturated heterocycles. The molecule has 10 bridgehead atoms. The van der Waals surface area contributed by atoms with Crippen LogP contribution in [0.25, 0.3) is 0 Å². The van der Waals surface area contributed by atoms with Gasteiger partial charge in [0.25, 0.3) is 5.69 Å². The van der Waals surface area contributed by atoms with E-state index in [-0.39, 0.29) is 82.9 Å². The van der Waals surface area contributed by atoms with E-state index in [1.54, 1.807) is 0 Å². The molecule has 0 amide bonds. The predicted molar refractivity (Wildman–Crippen MR) is 228 cm³/mol. The molecule has 6 aromatic rings. The SMILES string of the molecule is CC(C)(C)c1cc2c(O)c(c1)Cc1cccc(c1O)Cc1cc(C(C)(C)C)cc(c1OC(=O)c1ccc([N+](=O)[O-])cc1)Cc1cccc(c1O)Cc1cccc(c1O)C2. The number of benzene rings is 6. The number of aromatic hydroxyl groups is 4. The Bertz CT molecular complexity index is 2610. The molecular weight excluding hydrogens is 743 g/mol. The van der Waals surface area contributed by atoms with Gasteiger partial charge in [-0.15, -0.1) is 0 Å². The summed E-state index contributed by atoms with van der Waals surface area (Å²) in [5, 5.41) is 58.8. The number of fused-ring (bicyclic) bond motifs is 10. The third-order valence-corrected chi connectivity index (χ3v) is 11.3. The number of rotatable bonds is 3. The summed E-state index contributed by atoms with van der Waals surface area (Å²) in [4.78, 5) is 24.7. The second-order valence-electron chi connectivity index (χ2n) is 17.6. The molecule has 1 aliphatic rings. The summed E-state index contributed by atoms with van der Waals surface area (Å²) >= 11 is 0. The summed E-state index contributed by atoms with van der Waals surface area (Å²) in [5.74, 6) is -0.257. The van der Waals surface area contributed by atoms with Gasteiger partial charge in [-0.25, -0.2) is 4.79 Å². The fourth-order valence-corrected chi connectivity index (χ4v) is 7.73. The van der Waals surface area contributed by atoms with E-state index in [0.29, 0.717) is 55.6 Å². The minimum absolute atomic E-state index is 0.0348. The molecule has 0 aliphatic heterocycles. The molecule has 59 heavy (non-hydrogen) atoms. The molecule has 302 valence electrons. The van der Waals surface area contributed by atoms with Gasteiger partial charge < -0.3 is 25.2 Å². The Labute approximate surface area is 344 Å². The Balaban J connectivity index is 1.46. The smallest absolute Gasteiger partial charge is 0.343 e. The molecule has 9 heteroatoms. The first-order valence-electron chi connectivity index (χ1n) is 19.7. The summed E-state index contributed by atoms with van der Waals surface area (Å²) in [7, 11) is 0. The van der Waals surface area contributed by atoms with Crippen molar-refractivity contribution in [3.8, 4) is 28.7 Å². The number of nitro benzene ring substituents is 1. The van der Waals surface area contributed by atoms with Crippen LogP contribution in [0.2, 0.25) is 0 Å². The Morgan fingerprint density at radius 1 is 0.508 bits per heavy atom. The number of esters is 1. The largest absolute Gasteiger partial charge is 0.507 e. The van der Waals surface area contributed by atoms with Crippen LogP contribution in [0.15, 0.2) is 103 Å². The van der Waals surface area contributed by atoms with Crippen LogP contribution in [0.3, 0.4) is 0 Å². The van der Waals surface area contributed by atoms with Gasteiger partial charge in [-0.3, -0.25) is 10.1 Å². The highest BCUT2D eigenvalue weighted by Crippen LogP contribution is 2.41. The van der Waals surface area contributed by atoms with Crippen LogP contribution in [0.5, 0.6) is 28.7 Å². The van der Waals surface area contributed by atoms with Crippen LogP contribution < -0.4 is 4.74 Å². The highest BCUT2D eigenvalue weighted by molar-refractivity contribution is 5.91. The molecule has 0 unspecified atom stereocenters. The lowest BCUT2D eigenvalue weighted by molar-refractivity contribution is -0.384. The third kappa shape index (κ3) is 8.51. The molecule has 0 fully saturated rings. The van der Waals surface area contributed by atoms with Crippen LogP contribution in [-0.2, 0) is 42.9 Å². The average Bonchev–Trinajstić information content (AvgIpc) is 3.17. The maximum Gasteiger partial charge on any atom is 0.343 e. The molecule has 7 rings (SSSR count). The summed E-state index contributed by atoms with van der Waals surface area (Å²) in [6.45, 7) is 12.5. The second kappa shape index (κ2) is 15.6. The number of carbonyl (C=O) groups excluding carboxylic acids is 1. The monoisotopic (exact) mass is 791 g/mol. The number of phenols is 4. The number of hydrogen-bond acceptors (Lipinski definition) is 8. The van der Waals surface area contributed by atoms with Crippen molar-refractivity contribution in [1.29, 1.82) is 0 Å². The van der Waals surface area contributed by atoms with Gasteiger partial charge in [0.2, 0.25) is 0 Å². The summed E-state index contributed by atoms with van der Waals surface area (Å²) in [6, 6.07) is 29.5. The van der Waals surface area contributed by atoms with Crippen molar-refractivity contribution < 1.29 is 34.9 Å². The highest BCUT2D eigenvalue weighted by Gasteiger charge is 2.26. The van der Waals surface area contributed by atoms with Crippen molar-refractivity contribution in [3.63, 3.8) is 0 Å². The van der Waals surface area contributed by atoms with Gasteiger partial charge in [-0.05, 0) is 78.6 Å². The number of ether oxygens (including phenoxy) is 1. The van der Waals surface area contributed by atoms with E-state index in [1.807, 2.05) is 78.9 Å². The van der Waals surface area contributed by atoms with Gasteiger partial charge in [-0.2, -0.15) is 0 Å². The lowest BCUT2D eigenvalue weighted by atomic mass is 9.82. The minimum Gasteiger partial charge on any atom is -0.507 e. The van der Waals surface area contributed by atoms with Crippen molar-refractivity contribution in [2.75, 3.05) is 0 Å². The zero-order valence-electron chi connectivity index (χ0n) is 34.2. The van der Waals surface area contributed by atoms with Gasteiger partial charge in [0.05, 0.1) is 10.5 Å². The van der Waals surface area contributed by atoms with Crippen LogP contribution in [-0.4, -0.2) is 31.3 Å². The number of nitro groups is 1. The van der Waals surface area contributed by atoms with E-state index in [1.165, 1.54) is 24.3 Å². The molecule has 4 N–H and O–H groups in total. The third-order valence-electron chi connectivity index (χ3n) is 11.3. The van der Waals surface area contributed by atoms with Crippen molar-refractivity contribution in [3.05, 3.63) is 186 Å². The van der Waals surface area contributed by atoms with Crippen LogP contribution >= 0.6 is 0 Å². The van der Waals surface area contributed by atoms with Crippen LogP contribution in [0.4, 0.5) is 5.69 Å². The van der Waals surface area contributed by atoms with Gasteiger partial charge >= 0.3 is 5.97 Å². The standard InChI is InChI=1S/C50H49NO8/c1-49(2,3)40-25-36-21-32-12-7-10-30(43(32)52)20-31-11-8-14-34(44(31)53)23-38-27-41(50(4,5)6)28-39(47(38)59-48(56)29-16-18-42(19-17-29)51(57)58)24-35-15-9-13-33(45(35)54)22-37(26-40)46(36)55/h7-19,25-28,52-55H,20-24H2,1-6H3.